The van der Waals surface area contributed by atoms with E-state index in [-0.39, 0.29) is 12.8 Å². The number of likely N-dealkylation sites (tertiary alicyclic amines) is 1. The average molecular weight is 247 g/mol. The van der Waals surface area contributed by atoms with Crippen LogP contribution in [0.3, 0.4) is 0 Å². The topological polar surface area (TPSA) is 18.5 Å². The molecular weight excluding hydrogens is 224 g/mol. The number of halogens is 2. The molecule has 0 saturated carbocycles. The van der Waals surface area contributed by atoms with E-state index in [0.717, 1.165) is 45.7 Å². The van der Waals surface area contributed by atoms with Crippen molar-refractivity contribution >= 4 is 0 Å². The van der Waals surface area contributed by atoms with Crippen LogP contribution in [-0.4, -0.2) is 68.1 Å². The second kappa shape index (κ2) is 6.07. The molecule has 0 bridgehead atoms. The Labute approximate surface area is 102 Å². The minimum atomic E-state index is -2.41. The molecule has 0 aromatic rings. The highest BCUT2D eigenvalue weighted by Crippen LogP contribution is 2.27. The molecule has 100 valence electrons. The smallest absolute Gasteiger partial charge is 0.250 e. The van der Waals surface area contributed by atoms with E-state index in [1.165, 1.54) is 0 Å². The molecule has 0 aromatic carbocycles. The van der Waals surface area contributed by atoms with Gasteiger partial charge >= 0.3 is 0 Å². The molecule has 0 aliphatic carbocycles. The molecule has 0 unspecified atom stereocenters. The zero-order chi connectivity index (χ0) is 12.1. The van der Waals surface area contributed by atoms with Crippen molar-refractivity contribution in [1.82, 2.24) is 15.1 Å². The Morgan fingerprint density at radius 1 is 0.882 bits per heavy atom. The third-order valence-electron chi connectivity index (χ3n) is 3.75. The summed E-state index contributed by atoms with van der Waals surface area (Å²) in [6.07, 6.45) is 1.19. The van der Waals surface area contributed by atoms with Crippen molar-refractivity contribution in [2.75, 3.05) is 52.4 Å². The molecule has 0 amide bonds. The number of rotatable bonds is 4. The Kier molecular flexibility index (Phi) is 4.70. The van der Waals surface area contributed by atoms with E-state index in [1.807, 2.05) is 0 Å². The molecular formula is C12H23F2N3. The second-order valence-electron chi connectivity index (χ2n) is 5.14. The van der Waals surface area contributed by atoms with Crippen LogP contribution in [-0.2, 0) is 0 Å². The van der Waals surface area contributed by atoms with E-state index in [1.54, 1.807) is 0 Å². The molecule has 2 fully saturated rings. The quantitative estimate of drug-likeness (QED) is 0.800. The van der Waals surface area contributed by atoms with Crippen LogP contribution in [0.2, 0.25) is 0 Å². The predicted molar refractivity (Wildman–Crippen MR) is 64.5 cm³/mol. The summed E-state index contributed by atoms with van der Waals surface area (Å²) in [6, 6.07) is 0. The molecule has 0 atom stereocenters. The highest BCUT2D eigenvalue weighted by atomic mass is 19.3. The molecule has 17 heavy (non-hydrogen) atoms. The van der Waals surface area contributed by atoms with Gasteiger partial charge in [-0.25, -0.2) is 8.78 Å². The summed E-state index contributed by atoms with van der Waals surface area (Å²) >= 11 is 0. The van der Waals surface area contributed by atoms with Gasteiger partial charge in [-0.05, 0) is 19.5 Å². The largest absolute Gasteiger partial charge is 0.314 e. The molecule has 2 heterocycles. The van der Waals surface area contributed by atoms with Crippen molar-refractivity contribution in [1.29, 1.82) is 0 Å². The monoisotopic (exact) mass is 247 g/mol. The molecule has 2 rings (SSSR count). The molecule has 0 spiro atoms. The van der Waals surface area contributed by atoms with Crippen LogP contribution in [0.1, 0.15) is 19.3 Å². The van der Waals surface area contributed by atoms with Crippen LogP contribution >= 0.6 is 0 Å². The van der Waals surface area contributed by atoms with Gasteiger partial charge in [-0.2, -0.15) is 0 Å². The summed E-state index contributed by atoms with van der Waals surface area (Å²) < 4.78 is 25.9. The molecule has 0 aromatic heterocycles. The number of nitrogens with zero attached hydrogens (tertiary/aromatic N) is 2. The van der Waals surface area contributed by atoms with Crippen LogP contribution in [0.15, 0.2) is 0 Å². The van der Waals surface area contributed by atoms with Gasteiger partial charge in [0.15, 0.2) is 0 Å². The summed E-state index contributed by atoms with van der Waals surface area (Å²) in [5.74, 6) is -2.41. The summed E-state index contributed by atoms with van der Waals surface area (Å²) in [4.78, 5) is 4.63. The molecule has 2 aliphatic heterocycles. The van der Waals surface area contributed by atoms with E-state index >= 15 is 0 Å². The lowest BCUT2D eigenvalue weighted by molar-refractivity contribution is -0.0554. The van der Waals surface area contributed by atoms with E-state index in [4.69, 9.17) is 0 Å². The maximum absolute atomic E-state index is 12.9. The van der Waals surface area contributed by atoms with Gasteiger partial charge in [-0.3, -0.25) is 0 Å². The van der Waals surface area contributed by atoms with Crippen LogP contribution < -0.4 is 5.32 Å². The molecule has 0 radical (unpaired) electrons. The third kappa shape index (κ3) is 4.48. The first-order valence-corrected chi connectivity index (χ1v) is 6.69. The Balaban J connectivity index is 1.56. The second-order valence-corrected chi connectivity index (χ2v) is 5.14. The first-order chi connectivity index (χ1) is 8.16. The van der Waals surface area contributed by atoms with Gasteiger partial charge < -0.3 is 15.1 Å². The van der Waals surface area contributed by atoms with Crippen LogP contribution in [0.25, 0.3) is 0 Å². The molecule has 3 nitrogen and oxygen atoms in total. The van der Waals surface area contributed by atoms with Gasteiger partial charge in [-0.1, -0.05) is 0 Å². The Hall–Kier alpha value is -0.260. The minimum absolute atomic E-state index is 0.0423. The first kappa shape index (κ1) is 13.2. The fraction of sp³-hybridized carbons (Fsp3) is 1.00. The van der Waals surface area contributed by atoms with Crippen molar-refractivity contribution in [3.05, 3.63) is 0 Å². The maximum Gasteiger partial charge on any atom is 0.250 e. The standard InChI is InChI=1S/C12H23F2N3/c13-12(14)2-8-16(9-3-12)6-1-7-17-10-4-15-5-11-17/h15H,1-11H2. The van der Waals surface area contributed by atoms with Crippen LogP contribution in [0.4, 0.5) is 8.78 Å². The number of hydrogen-bond donors (Lipinski definition) is 1. The van der Waals surface area contributed by atoms with Crippen molar-refractivity contribution in [2.45, 2.75) is 25.2 Å². The van der Waals surface area contributed by atoms with Crippen molar-refractivity contribution in [3.63, 3.8) is 0 Å². The number of piperidine rings is 1. The zero-order valence-electron chi connectivity index (χ0n) is 10.4. The summed E-state index contributed by atoms with van der Waals surface area (Å²) in [6.45, 7) is 7.61. The van der Waals surface area contributed by atoms with Crippen molar-refractivity contribution < 1.29 is 8.78 Å². The number of piperazine rings is 1. The zero-order valence-corrected chi connectivity index (χ0v) is 10.4. The molecule has 2 aliphatic rings. The lowest BCUT2D eigenvalue weighted by atomic mass is 10.1. The fourth-order valence-electron chi connectivity index (χ4n) is 2.56. The Bertz CT molecular complexity index is 220. The van der Waals surface area contributed by atoms with E-state index in [0.29, 0.717) is 13.1 Å². The van der Waals surface area contributed by atoms with E-state index < -0.39 is 5.92 Å². The van der Waals surface area contributed by atoms with Crippen molar-refractivity contribution in [3.8, 4) is 0 Å². The number of alkyl halides is 2. The fourth-order valence-corrected chi connectivity index (χ4v) is 2.56. The van der Waals surface area contributed by atoms with E-state index in [2.05, 4.69) is 15.1 Å². The Morgan fingerprint density at radius 2 is 1.41 bits per heavy atom. The van der Waals surface area contributed by atoms with Gasteiger partial charge in [0.2, 0.25) is 0 Å². The van der Waals surface area contributed by atoms with Crippen LogP contribution in [0, 0.1) is 0 Å². The molecule has 2 saturated heterocycles. The first-order valence-electron chi connectivity index (χ1n) is 6.69. The van der Waals surface area contributed by atoms with Gasteiger partial charge in [0.25, 0.3) is 5.92 Å². The Morgan fingerprint density at radius 3 is 2.00 bits per heavy atom. The van der Waals surface area contributed by atoms with E-state index in [9.17, 15) is 8.78 Å². The highest BCUT2D eigenvalue weighted by molar-refractivity contribution is 4.77. The number of nitrogens with one attached hydrogen (secondary N) is 1. The summed E-state index contributed by atoms with van der Waals surface area (Å²) in [5, 5.41) is 3.33. The summed E-state index contributed by atoms with van der Waals surface area (Å²) in [5.41, 5.74) is 0. The van der Waals surface area contributed by atoms with Crippen LogP contribution in [0.5, 0.6) is 0 Å². The normalized spacial score (nSPS) is 27.2. The third-order valence-corrected chi connectivity index (χ3v) is 3.75. The van der Waals surface area contributed by atoms with Gasteiger partial charge in [0.1, 0.15) is 0 Å². The minimum Gasteiger partial charge on any atom is -0.314 e. The predicted octanol–water partition coefficient (Wildman–Crippen LogP) is 1.01. The lowest BCUT2D eigenvalue weighted by Crippen LogP contribution is -2.45. The number of hydrogen-bond acceptors (Lipinski definition) is 3. The molecule has 5 heteroatoms. The SMILES string of the molecule is FC1(F)CCN(CCCN2CCNCC2)CC1. The highest BCUT2D eigenvalue weighted by Gasteiger charge is 2.33. The van der Waals surface area contributed by atoms with Gasteiger partial charge in [-0.15, -0.1) is 0 Å². The van der Waals surface area contributed by atoms with Gasteiger partial charge in [0, 0.05) is 52.1 Å². The summed E-state index contributed by atoms with van der Waals surface area (Å²) in [7, 11) is 0. The maximum atomic E-state index is 12.9. The lowest BCUT2D eigenvalue weighted by Gasteiger charge is -2.33. The van der Waals surface area contributed by atoms with Crippen molar-refractivity contribution in [2.24, 2.45) is 0 Å². The van der Waals surface area contributed by atoms with Gasteiger partial charge in [0.05, 0.1) is 0 Å². The average Bonchev–Trinajstić information content (AvgIpc) is 2.33. The molecule has 1 N–H and O–H groups in total.